The predicted octanol–water partition coefficient (Wildman–Crippen LogP) is 1.82. The molecule has 0 aromatic heterocycles. The van der Waals surface area contributed by atoms with E-state index < -0.39 is 22.3 Å². The van der Waals surface area contributed by atoms with Gasteiger partial charge in [-0.05, 0) is 6.07 Å². The van der Waals surface area contributed by atoms with E-state index in [1.807, 2.05) is 0 Å². The van der Waals surface area contributed by atoms with Crippen LogP contribution in [0.15, 0.2) is 18.2 Å². The van der Waals surface area contributed by atoms with Crippen LogP contribution >= 0.6 is 0 Å². The maximum absolute atomic E-state index is 13.1. The summed E-state index contributed by atoms with van der Waals surface area (Å²) in [6, 6.07) is 2.85. The minimum absolute atomic E-state index is 0.261. The van der Waals surface area contributed by atoms with Crippen molar-refractivity contribution in [2.75, 3.05) is 7.11 Å². The molecular formula is C11H10FNO5. The summed E-state index contributed by atoms with van der Waals surface area (Å²) in [5.41, 5.74) is -1.58. The zero-order valence-corrected chi connectivity index (χ0v) is 9.51. The van der Waals surface area contributed by atoms with E-state index in [9.17, 15) is 19.3 Å². The molecule has 0 N–H and O–H groups in total. The molecule has 96 valence electrons. The molecule has 2 rings (SSSR count). The third kappa shape index (κ3) is 2.11. The summed E-state index contributed by atoms with van der Waals surface area (Å²) < 4.78 is 22.9. The van der Waals surface area contributed by atoms with Crippen LogP contribution in [0.5, 0.6) is 5.75 Å². The lowest BCUT2D eigenvalue weighted by Crippen LogP contribution is -2.30. The van der Waals surface area contributed by atoms with Crippen LogP contribution in [0.1, 0.15) is 12.8 Å². The number of nitrogens with zero attached hydrogens (tertiary/aromatic N) is 1. The lowest BCUT2D eigenvalue weighted by molar-refractivity contribution is -0.386. The van der Waals surface area contributed by atoms with Gasteiger partial charge < -0.3 is 9.47 Å². The van der Waals surface area contributed by atoms with Gasteiger partial charge in [-0.1, -0.05) is 0 Å². The molecule has 0 aliphatic heterocycles. The number of carbonyl (C=O) groups excluding carboxylic acids is 1. The van der Waals surface area contributed by atoms with Crippen molar-refractivity contribution < 1.29 is 23.6 Å². The van der Waals surface area contributed by atoms with Crippen molar-refractivity contribution in [3.8, 4) is 5.75 Å². The molecular weight excluding hydrogens is 245 g/mol. The fourth-order valence-corrected chi connectivity index (χ4v) is 1.58. The van der Waals surface area contributed by atoms with Crippen LogP contribution in [0, 0.1) is 15.9 Å². The van der Waals surface area contributed by atoms with E-state index in [0.29, 0.717) is 12.8 Å². The van der Waals surface area contributed by atoms with Crippen molar-refractivity contribution >= 4 is 11.7 Å². The van der Waals surface area contributed by atoms with Crippen molar-refractivity contribution in [3.05, 3.63) is 34.1 Å². The summed E-state index contributed by atoms with van der Waals surface area (Å²) in [5, 5.41) is 10.8. The van der Waals surface area contributed by atoms with E-state index in [4.69, 9.17) is 4.74 Å². The number of nitro groups is 1. The van der Waals surface area contributed by atoms with Crippen LogP contribution in [0.25, 0.3) is 0 Å². The maximum Gasteiger partial charge on any atom is 0.350 e. The van der Waals surface area contributed by atoms with Gasteiger partial charge in [-0.3, -0.25) is 10.1 Å². The SMILES string of the molecule is COC(=O)C1(Oc2cc(F)ccc2[N+](=O)[O-])CC1. The molecule has 7 heteroatoms. The number of rotatable bonds is 4. The van der Waals surface area contributed by atoms with E-state index in [-0.39, 0.29) is 11.4 Å². The second-order valence-corrected chi connectivity index (χ2v) is 3.96. The average molecular weight is 255 g/mol. The maximum atomic E-state index is 13.1. The number of carbonyl (C=O) groups is 1. The summed E-state index contributed by atoms with van der Waals surface area (Å²) in [4.78, 5) is 21.5. The lowest BCUT2D eigenvalue weighted by Gasteiger charge is -2.15. The molecule has 1 aromatic rings. The fraction of sp³-hybridized carbons (Fsp3) is 0.364. The second-order valence-electron chi connectivity index (χ2n) is 3.96. The molecule has 0 bridgehead atoms. The molecule has 0 atom stereocenters. The van der Waals surface area contributed by atoms with Gasteiger partial charge in [-0.2, -0.15) is 0 Å². The van der Waals surface area contributed by atoms with Crippen molar-refractivity contribution in [1.29, 1.82) is 0 Å². The number of hydrogen-bond acceptors (Lipinski definition) is 5. The highest BCUT2D eigenvalue weighted by molar-refractivity contribution is 5.83. The molecule has 1 aliphatic rings. The number of ether oxygens (including phenoxy) is 2. The number of benzene rings is 1. The van der Waals surface area contributed by atoms with Gasteiger partial charge in [0, 0.05) is 25.0 Å². The third-order valence-electron chi connectivity index (χ3n) is 2.69. The Bertz CT molecular complexity index is 512. The molecule has 0 heterocycles. The van der Waals surface area contributed by atoms with Gasteiger partial charge in [0.2, 0.25) is 11.4 Å². The van der Waals surface area contributed by atoms with Crippen molar-refractivity contribution in [1.82, 2.24) is 0 Å². The zero-order valence-electron chi connectivity index (χ0n) is 9.51. The van der Waals surface area contributed by atoms with Gasteiger partial charge in [0.25, 0.3) is 0 Å². The Hall–Kier alpha value is -2.18. The molecule has 6 nitrogen and oxygen atoms in total. The second kappa shape index (κ2) is 4.25. The molecule has 1 aromatic carbocycles. The topological polar surface area (TPSA) is 78.7 Å². The Labute approximate surface area is 101 Å². The summed E-state index contributed by atoms with van der Waals surface area (Å²) in [5.74, 6) is -1.54. The number of hydrogen-bond donors (Lipinski definition) is 0. The van der Waals surface area contributed by atoms with Crippen molar-refractivity contribution in [3.63, 3.8) is 0 Å². The van der Waals surface area contributed by atoms with Crippen molar-refractivity contribution in [2.45, 2.75) is 18.4 Å². The number of nitro benzene ring substituents is 1. The first-order valence-electron chi connectivity index (χ1n) is 5.20. The highest BCUT2D eigenvalue weighted by Gasteiger charge is 2.55. The van der Waals surface area contributed by atoms with Crippen LogP contribution in [0.4, 0.5) is 10.1 Å². The molecule has 1 aliphatic carbocycles. The third-order valence-corrected chi connectivity index (χ3v) is 2.69. The predicted molar refractivity (Wildman–Crippen MR) is 57.7 cm³/mol. The summed E-state index contributed by atoms with van der Waals surface area (Å²) >= 11 is 0. The van der Waals surface area contributed by atoms with Gasteiger partial charge in [-0.25, -0.2) is 9.18 Å². The summed E-state index contributed by atoms with van der Waals surface area (Å²) in [6.07, 6.45) is 0.792. The first kappa shape index (κ1) is 12.3. The van der Waals surface area contributed by atoms with Crippen LogP contribution in [-0.4, -0.2) is 23.6 Å². The molecule has 1 fully saturated rings. The summed E-state index contributed by atoms with van der Waals surface area (Å²) in [6.45, 7) is 0. The van der Waals surface area contributed by atoms with Gasteiger partial charge in [0.1, 0.15) is 5.82 Å². The average Bonchev–Trinajstić information content (AvgIpc) is 3.08. The highest BCUT2D eigenvalue weighted by atomic mass is 19.1. The van der Waals surface area contributed by atoms with Gasteiger partial charge in [0.05, 0.1) is 12.0 Å². The lowest BCUT2D eigenvalue weighted by atomic mass is 10.2. The Morgan fingerprint density at radius 2 is 2.17 bits per heavy atom. The Morgan fingerprint density at radius 1 is 1.50 bits per heavy atom. The van der Waals surface area contributed by atoms with E-state index in [0.717, 1.165) is 18.2 Å². The highest BCUT2D eigenvalue weighted by Crippen LogP contribution is 2.43. The fourth-order valence-electron chi connectivity index (χ4n) is 1.58. The normalized spacial score (nSPS) is 15.9. The Kier molecular flexibility index (Phi) is 2.90. The van der Waals surface area contributed by atoms with E-state index >= 15 is 0 Å². The van der Waals surface area contributed by atoms with Gasteiger partial charge in [0.15, 0.2) is 0 Å². The smallest absolute Gasteiger partial charge is 0.350 e. The quantitative estimate of drug-likeness (QED) is 0.465. The standard InChI is InChI=1S/C11H10FNO5/c1-17-10(14)11(4-5-11)18-9-6-7(12)2-3-8(9)13(15)16/h2-3,6H,4-5H2,1H3. The monoisotopic (exact) mass is 255 g/mol. The summed E-state index contributed by atoms with van der Waals surface area (Å²) in [7, 11) is 1.20. The molecule has 18 heavy (non-hydrogen) atoms. The van der Waals surface area contributed by atoms with Crippen LogP contribution in [-0.2, 0) is 9.53 Å². The number of esters is 1. The first-order chi connectivity index (χ1) is 8.48. The molecule has 0 spiro atoms. The molecule has 1 saturated carbocycles. The van der Waals surface area contributed by atoms with E-state index in [1.54, 1.807) is 0 Å². The minimum atomic E-state index is -1.20. The molecule has 0 radical (unpaired) electrons. The van der Waals surface area contributed by atoms with Gasteiger partial charge in [-0.15, -0.1) is 0 Å². The van der Waals surface area contributed by atoms with Crippen LogP contribution < -0.4 is 4.74 Å². The Balaban J connectivity index is 2.31. The van der Waals surface area contributed by atoms with Crippen LogP contribution in [0.2, 0.25) is 0 Å². The molecule has 0 saturated heterocycles. The van der Waals surface area contributed by atoms with Crippen LogP contribution in [0.3, 0.4) is 0 Å². The number of methoxy groups -OCH3 is 1. The first-order valence-corrected chi connectivity index (χ1v) is 5.20. The van der Waals surface area contributed by atoms with E-state index in [2.05, 4.69) is 4.74 Å². The molecule has 0 unspecified atom stereocenters. The minimum Gasteiger partial charge on any atom is -0.468 e. The largest absolute Gasteiger partial charge is 0.468 e. The zero-order chi connectivity index (χ0) is 13.3. The number of halogens is 1. The molecule has 0 amide bonds. The van der Waals surface area contributed by atoms with Gasteiger partial charge >= 0.3 is 11.7 Å². The van der Waals surface area contributed by atoms with Crippen molar-refractivity contribution in [2.24, 2.45) is 0 Å². The van der Waals surface area contributed by atoms with E-state index in [1.165, 1.54) is 7.11 Å². The Morgan fingerprint density at radius 3 is 2.67 bits per heavy atom.